The van der Waals surface area contributed by atoms with Crippen LogP contribution in [0.3, 0.4) is 0 Å². The summed E-state index contributed by atoms with van der Waals surface area (Å²) in [5, 5.41) is 15.5. The van der Waals surface area contributed by atoms with Gasteiger partial charge in [-0.2, -0.15) is 0 Å². The molecule has 1 aromatic heterocycles. The van der Waals surface area contributed by atoms with Crippen LogP contribution in [0.15, 0.2) is 29.4 Å². The third-order valence-corrected chi connectivity index (χ3v) is 3.69. The van der Waals surface area contributed by atoms with Crippen molar-refractivity contribution in [1.29, 1.82) is 0 Å². The lowest BCUT2D eigenvalue weighted by Crippen LogP contribution is -2.15. The van der Waals surface area contributed by atoms with Gasteiger partial charge in [-0.3, -0.25) is 0 Å². The second-order valence-corrected chi connectivity index (χ2v) is 5.91. The second-order valence-electron chi connectivity index (χ2n) is 4.35. The van der Waals surface area contributed by atoms with Crippen molar-refractivity contribution in [3.05, 3.63) is 36.2 Å². The number of aryl methyl sites for hydroxylation is 1. The van der Waals surface area contributed by atoms with Crippen molar-refractivity contribution in [2.24, 2.45) is 12.2 Å². The lowest BCUT2D eigenvalue weighted by molar-refractivity contribution is 0.592. The fraction of sp³-hybridized carbons (Fsp3) is 0.273. The maximum Gasteiger partial charge on any atom is 0.238 e. The summed E-state index contributed by atoms with van der Waals surface area (Å²) in [6.45, 7) is 1.79. The van der Waals surface area contributed by atoms with Crippen LogP contribution in [0.5, 0.6) is 0 Å². The maximum absolute atomic E-state index is 13.9. The lowest BCUT2D eigenvalue weighted by Gasteiger charge is -2.15. The monoisotopic (exact) mass is 299 g/mol. The lowest BCUT2D eigenvalue weighted by atomic mass is 10.2. The van der Waals surface area contributed by atoms with E-state index in [1.54, 1.807) is 18.5 Å². The van der Waals surface area contributed by atoms with Crippen LogP contribution in [0.4, 0.5) is 10.1 Å². The first-order chi connectivity index (χ1) is 9.29. The van der Waals surface area contributed by atoms with E-state index in [4.69, 9.17) is 5.14 Å². The first kappa shape index (κ1) is 14.4. The summed E-state index contributed by atoms with van der Waals surface area (Å²) >= 11 is 0. The van der Waals surface area contributed by atoms with Crippen molar-refractivity contribution in [1.82, 2.24) is 14.8 Å². The zero-order valence-electron chi connectivity index (χ0n) is 10.9. The first-order valence-corrected chi connectivity index (χ1v) is 7.26. The van der Waals surface area contributed by atoms with Gasteiger partial charge in [0.05, 0.1) is 16.6 Å². The standard InChI is InChI=1S/C11H14FN5O2S/c1-7(11-16-14-6-17(11)2)15-10-4-3-8(5-9(10)12)20(13,18)19/h3-7,15H,1-2H3,(H2,13,18,19). The van der Waals surface area contributed by atoms with Gasteiger partial charge in [0, 0.05) is 7.05 Å². The SMILES string of the molecule is CC(Nc1ccc(S(N)(=O)=O)cc1F)c1nncn1C. The molecule has 9 heteroatoms. The summed E-state index contributed by atoms with van der Waals surface area (Å²) in [5.41, 5.74) is 0.160. The number of nitrogens with one attached hydrogen (secondary N) is 1. The molecule has 0 aliphatic heterocycles. The van der Waals surface area contributed by atoms with Gasteiger partial charge in [-0.1, -0.05) is 0 Å². The third-order valence-electron chi connectivity index (χ3n) is 2.77. The first-order valence-electron chi connectivity index (χ1n) is 5.72. The van der Waals surface area contributed by atoms with Crippen LogP contribution in [-0.4, -0.2) is 23.2 Å². The van der Waals surface area contributed by atoms with Crippen molar-refractivity contribution in [3.63, 3.8) is 0 Å². The number of halogens is 1. The Bertz CT molecular complexity index is 728. The fourth-order valence-corrected chi connectivity index (χ4v) is 2.30. The van der Waals surface area contributed by atoms with Crippen molar-refractivity contribution in [3.8, 4) is 0 Å². The molecule has 0 saturated heterocycles. The van der Waals surface area contributed by atoms with E-state index in [2.05, 4.69) is 15.5 Å². The van der Waals surface area contributed by atoms with Crippen LogP contribution in [0, 0.1) is 5.82 Å². The summed E-state index contributed by atoms with van der Waals surface area (Å²) in [4.78, 5) is -0.271. The van der Waals surface area contributed by atoms with E-state index in [1.807, 2.05) is 0 Å². The highest BCUT2D eigenvalue weighted by molar-refractivity contribution is 7.89. The summed E-state index contributed by atoms with van der Waals surface area (Å²) < 4.78 is 37.8. The van der Waals surface area contributed by atoms with Gasteiger partial charge in [-0.25, -0.2) is 17.9 Å². The Morgan fingerprint density at radius 2 is 2.15 bits per heavy atom. The van der Waals surface area contributed by atoms with E-state index in [1.165, 1.54) is 18.5 Å². The Labute approximate surface area is 115 Å². The Hall–Kier alpha value is -2.00. The molecule has 0 bridgehead atoms. The van der Waals surface area contributed by atoms with Crippen LogP contribution >= 0.6 is 0 Å². The van der Waals surface area contributed by atoms with Gasteiger partial charge >= 0.3 is 0 Å². The molecule has 20 heavy (non-hydrogen) atoms. The summed E-state index contributed by atoms with van der Waals surface area (Å²) in [7, 11) is -2.14. The number of rotatable bonds is 4. The number of hydrogen-bond donors (Lipinski definition) is 2. The number of primary sulfonamides is 1. The molecular weight excluding hydrogens is 285 g/mol. The summed E-state index contributed by atoms with van der Waals surface area (Å²) in [6, 6.07) is 3.14. The molecule has 1 aromatic carbocycles. The number of aromatic nitrogens is 3. The van der Waals surface area contributed by atoms with Crippen LogP contribution < -0.4 is 10.5 Å². The van der Waals surface area contributed by atoms with E-state index < -0.39 is 15.8 Å². The van der Waals surface area contributed by atoms with Gasteiger partial charge in [-0.05, 0) is 25.1 Å². The average Bonchev–Trinajstić information content (AvgIpc) is 2.76. The Balaban J connectivity index is 2.25. The zero-order chi connectivity index (χ0) is 14.9. The minimum atomic E-state index is -3.91. The fourth-order valence-electron chi connectivity index (χ4n) is 1.77. The van der Waals surface area contributed by atoms with E-state index in [-0.39, 0.29) is 16.6 Å². The summed E-state index contributed by atoms with van der Waals surface area (Å²) in [6.07, 6.45) is 1.54. The Morgan fingerprint density at radius 3 is 2.65 bits per heavy atom. The zero-order valence-corrected chi connectivity index (χ0v) is 11.7. The molecule has 1 atom stereocenters. The number of benzene rings is 1. The van der Waals surface area contributed by atoms with Gasteiger partial charge < -0.3 is 9.88 Å². The highest BCUT2D eigenvalue weighted by Crippen LogP contribution is 2.22. The second kappa shape index (κ2) is 5.17. The van der Waals surface area contributed by atoms with Crippen molar-refractivity contribution in [2.45, 2.75) is 17.9 Å². The van der Waals surface area contributed by atoms with E-state index in [0.29, 0.717) is 5.82 Å². The smallest absolute Gasteiger partial charge is 0.238 e. The predicted molar refractivity (Wildman–Crippen MR) is 70.8 cm³/mol. The van der Waals surface area contributed by atoms with Crippen LogP contribution in [0.25, 0.3) is 0 Å². The van der Waals surface area contributed by atoms with Gasteiger partial charge in [0.2, 0.25) is 10.0 Å². The topological polar surface area (TPSA) is 103 Å². The Kier molecular flexibility index (Phi) is 3.73. The van der Waals surface area contributed by atoms with E-state index in [0.717, 1.165) is 6.07 Å². The molecule has 7 nitrogen and oxygen atoms in total. The summed E-state index contributed by atoms with van der Waals surface area (Å²) in [5.74, 6) is -0.0783. The van der Waals surface area contributed by atoms with Gasteiger partial charge in [0.25, 0.3) is 0 Å². The molecule has 1 unspecified atom stereocenters. The quantitative estimate of drug-likeness (QED) is 0.868. The van der Waals surface area contributed by atoms with Crippen molar-refractivity contribution < 1.29 is 12.8 Å². The molecule has 2 rings (SSSR count). The molecule has 2 aromatic rings. The molecule has 0 aliphatic carbocycles. The van der Waals surface area contributed by atoms with Crippen molar-refractivity contribution >= 4 is 15.7 Å². The predicted octanol–water partition coefficient (Wildman–Crippen LogP) is 0.775. The molecule has 108 valence electrons. The van der Waals surface area contributed by atoms with Crippen molar-refractivity contribution in [2.75, 3.05) is 5.32 Å². The molecule has 0 amide bonds. The molecule has 0 fully saturated rings. The van der Waals surface area contributed by atoms with Gasteiger partial charge in [0.1, 0.15) is 12.1 Å². The van der Waals surface area contributed by atoms with Gasteiger partial charge in [-0.15, -0.1) is 10.2 Å². The largest absolute Gasteiger partial charge is 0.373 e. The minimum absolute atomic E-state index is 0.160. The highest BCUT2D eigenvalue weighted by atomic mass is 32.2. The number of nitrogens with zero attached hydrogens (tertiary/aromatic N) is 3. The molecule has 3 N–H and O–H groups in total. The average molecular weight is 299 g/mol. The highest BCUT2D eigenvalue weighted by Gasteiger charge is 2.15. The minimum Gasteiger partial charge on any atom is -0.373 e. The number of hydrogen-bond acceptors (Lipinski definition) is 5. The number of sulfonamides is 1. The number of anilines is 1. The Morgan fingerprint density at radius 1 is 1.45 bits per heavy atom. The molecule has 1 heterocycles. The molecule has 0 spiro atoms. The normalized spacial score (nSPS) is 13.2. The van der Waals surface area contributed by atoms with Crippen LogP contribution in [0.1, 0.15) is 18.8 Å². The third kappa shape index (κ3) is 2.94. The molecule has 0 aliphatic rings. The molecule has 0 saturated carbocycles. The van der Waals surface area contributed by atoms with Gasteiger partial charge in [0.15, 0.2) is 5.82 Å². The molecule has 0 radical (unpaired) electrons. The number of nitrogens with two attached hydrogens (primary N) is 1. The van der Waals surface area contributed by atoms with Crippen LogP contribution in [-0.2, 0) is 17.1 Å². The maximum atomic E-state index is 13.9. The molecular formula is C11H14FN5O2S. The van der Waals surface area contributed by atoms with E-state index >= 15 is 0 Å². The van der Waals surface area contributed by atoms with Crippen LogP contribution in [0.2, 0.25) is 0 Å². The van der Waals surface area contributed by atoms with E-state index in [9.17, 15) is 12.8 Å².